The summed E-state index contributed by atoms with van der Waals surface area (Å²) in [4.78, 5) is 13.7. The van der Waals surface area contributed by atoms with Crippen molar-refractivity contribution in [1.29, 1.82) is 0 Å². The number of aromatic amines is 1. The normalized spacial score (nSPS) is 10.5. The summed E-state index contributed by atoms with van der Waals surface area (Å²) >= 11 is 0. The summed E-state index contributed by atoms with van der Waals surface area (Å²) < 4.78 is 0. The SMILES string of the molecule is NCc1ccc2ccc(=O)[nH]c2c1. The molecule has 0 saturated carbocycles. The average molecular weight is 174 g/mol. The largest absolute Gasteiger partial charge is 0.326 e. The zero-order valence-corrected chi connectivity index (χ0v) is 7.08. The van der Waals surface area contributed by atoms with Crippen molar-refractivity contribution in [2.75, 3.05) is 0 Å². The lowest BCUT2D eigenvalue weighted by Crippen LogP contribution is -2.03. The Balaban J connectivity index is 2.75. The van der Waals surface area contributed by atoms with Gasteiger partial charge in [0.15, 0.2) is 0 Å². The minimum Gasteiger partial charge on any atom is -0.326 e. The fraction of sp³-hybridized carbons (Fsp3) is 0.100. The Labute approximate surface area is 75.2 Å². The summed E-state index contributed by atoms with van der Waals surface area (Å²) in [6.07, 6.45) is 0. The highest BCUT2D eigenvalue weighted by atomic mass is 16.1. The first-order valence-electron chi connectivity index (χ1n) is 4.11. The number of fused-ring (bicyclic) bond motifs is 1. The third-order valence-electron chi connectivity index (χ3n) is 2.03. The first kappa shape index (κ1) is 8.01. The highest BCUT2D eigenvalue weighted by molar-refractivity contribution is 5.78. The van der Waals surface area contributed by atoms with Crippen LogP contribution < -0.4 is 11.3 Å². The molecule has 0 saturated heterocycles. The smallest absolute Gasteiger partial charge is 0.248 e. The molecule has 3 nitrogen and oxygen atoms in total. The summed E-state index contributed by atoms with van der Waals surface area (Å²) in [5, 5.41) is 1.02. The number of H-pyrrole nitrogens is 1. The predicted molar refractivity (Wildman–Crippen MR) is 52.5 cm³/mol. The fourth-order valence-electron chi connectivity index (χ4n) is 1.32. The molecule has 1 aromatic heterocycles. The van der Waals surface area contributed by atoms with Crippen LogP contribution >= 0.6 is 0 Å². The second-order valence-electron chi connectivity index (χ2n) is 2.95. The number of hydrogen-bond acceptors (Lipinski definition) is 2. The van der Waals surface area contributed by atoms with Crippen molar-refractivity contribution in [1.82, 2.24) is 4.98 Å². The van der Waals surface area contributed by atoms with Crippen LogP contribution in [0.3, 0.4) is 0 Å². The molecule has 0 radical (unpaired) electrons. The van der Waals surface area contributed by atoms with E-state index in [2.05, 4.69) is 4.98 Å². The first-order chi connectivity index (χ1) is 6.29. The highest BCUT2D eigenvalue weighted by Gasteiger charge is 1.95. The third-order valence-corrected chi connectivity index (χ3v) is 2.03. The predicted octanol–water partition coefficient (Wildman–Crippen LogP) is 0.987. The molecule has 1 heterocycles. The maximum Gasteiger partial charge on any atom is 0.248 e. The van der Waals surface area contributed by atoms with Gasteiger partial charge in [0, 0.05) is 18.1 Å². The number of nitrogens with two attached hydrogens (primary N) is 1. The van der Waals surface area contributed by atoms with Gasteiger partial charge in [0.1, 0.15) is 0 Å². The Morgan fingerprint density at radius 2 is 2.00 bits per heavy atom. The van der Waals surface area contributed by atoms with E-state index in [9.17, 15) is 4.79 Å². The Bertz CT molecular complexity index is 487. The van der Waals surface area contributed by atoms with Crippen LogP contribution in [-0.2, 0) is 6.54 Å². The Hall–Kier alpha value is -1.61. The van der Waals surface area contributed by atoms with Crippen LogP contribution in [0.15, 0.2) is 35.1 Å². The van der Waals surface area contributed by atoms with Crippen molar-refractivity contribution in [3.63, 3.8) is 0 Å². The summed E-state index contributed by atoms with van der Waals surface area (Å²) in [6.45, 7) is 0.493. The van der Waals surface area contributed by atoms with Crippen molar-refractivity contribution in [2.24, 2.45) is 5.73 Å². The van der Waals surface area contributed by atoms with Gasteiger partial charge >= 0.3 is 0 Å². The Morgan fingerprint density at radius 1 is 1.23 bits per heavy atom. The van der Waals surface area contributed by atoms with E-state index >= 15 is 0 Å². The lowest BCUT2D eigenvalue weighted by Gasteiger charge is -1.99. The summed E-state index contributed by atoms with van der Waals surface area (Å²) in [7, 11) is 0. The zero-order valence-electron chi connectivity index (χ0n) is 7.08. The quantitative estimate of drug-likeness (QED) is 0.677. The average Bonchev–Trinajstić information content (AvgIpc) is 2.16. The molecule has 0 fully saturated rings. The topological polar surface area (TPSA) is 58.9 Å². The van der Waals surface area contributed by atoms with E-state index in [-0.39, 0.29) is 5.56 Å². The van der Waals surface area contributed by atoms with Crippen LogP contribution in [0.2, 0.25) is 0 Å². The van der Waals surface area contributed by atoms with Gasteiger partial charge in [-0.3, -0.25) is 4.79 Å². The second kappa shape index (κ2) is 3.03. The van der Waals surface area contributed by atoms with Crippen molar-refractivity contribution in [3.8, 4) is 0 Å². The second-order valence-corrected chi connectivity index (χ2v) is 2.95. The van der Waals surface area contributed by atoms with Crippen LogP contribution in [0.4, 0.5) is 0 Å². The molecule has 3 heteroatoms. The molecule has 0 aliphatic rings. The molecule has 2 aromatic rings. The molecule has 1 aromatic carbocycles. The Kier molecular flexibility index (Phi) is 1.87. The van der Waals surface area contributed by atoms with Crippen molar-refractivity contribution in [3.05, 3.63) is 46.2 Å². The molecule has 0 amide bonds. The number of benzene rings is 1. The zero-order chi connectivity index (χ0) is 9.26. The molecule has 2 rings (SSSR count). The van der Waals surface area contributed by atoms with Gasteiger partial charge in [0.25, 0.3) is 0 Å². The van der Waals surface area contributed by atoms with Crippen LogP contribution in [0, 0.1) is 0 Å². The van der Waals surface area contributed by atoms with Gasteiger partial charge in [-0.2, -0.15) is 0 Å². The van der Waals surface area contributed by atoms with Crippen LogP contribution in [0.1, 0.15) is 5.56 Å². The minimum absolute atomic E-state index is 0.0818. The maximum atomic E-state index is 11.0. The van der Waals surface area contributed by atoms with E-state index in [1.165, 1.54) is 6.07 Å². The number of nitrogens with one attached hydrogen (secondary N) is 1. The maximum absolute atomic E-state index is 11.0. The standard InChI is InChI=1S/C10H10N2O/c11-6-7-1-2-8-3-4-10(13)12-9(8)5-7/h1-5H,6,11H2,(H,12,13). The summed E-state index contributed by atoms with van der Waals surface area (Å²) in [5.41, 5.74) is 7.27. The number of aromatic nitrogens is 1. The molecular formula is C10H10N2O. The Morgan fingerprint density at radius 3 is 2.77 bits per heavy atom. The van der Waals surface area contributed by atoms with Crippen LogP contribution in [0.25, 0.3) is 10.9 Å². The van der Waals surface area contributed by atoms with E-state index in [0.717, 1.165) is 16.5 Å². The summed E-state index contributed by atoms with van der Waals surface area (Å²) in [6, 6.07) is 9.13. The van der Waals surface area contributed by atoms with E-state index in [4.69, 9.17) is 5.73 Å². The van der Waals surface area contributed by atoms with Crippen LogP contribution in [-0.4, -0.2) is 4.98 Å². The van der Waals surface area contributed by atoms with Gasteiger partial charge in [-0.15, -0.1) is 0 Å². The molecule has 66 valence electrons. The van der Waals surface area contributed by atoms with Gasteiger partial charge in [-0.1, -0.05) is 12.1 Å². The molecule has 0 unspecified atom stereocenters. The lowest BCUT2D eigenvalue weighted by atomic mass is 10.1. The molecule has 0 atom stereocenters. The fourth-order valence-corrected chi connectivity index (χ4v) is 1.32. The molecule has 13 heavy (non-hydrogen) atoms. The van der Waals surface area contributed by atoms with Crippen molar-refractivity contribution >= 4 is 10.9 Å². The van der Waals surface area contributed by atoms with Gasteiger partial charge in [0.05, 0.1) is 0 Å². The van der Waals surface area contributed by atoms with E-state index < -0.39 is 0 Å². The van der Waals surface area contributed by atoms with Crippen molar-refractivity contribution < 1.29 is 0 Å². The molecule has 0 aliphatic heterocycles. The molecule has 0 aliphatic carbocycles. The van der Waals surface area contributed by atoms with E-state index in [1.54, 1.807) is 6.07 Å². The first-order valence-corrected chi connectivity index (χ1v) is 4.11. The van der Waals surface area contributed by atoms with Gasteiger partial charge in [-0.05, 0) is 23.1 Å². The minimum atomic E-state index is -0.0818. The number of hydrogen-bond donors (Lipinski definition) is 2. The highest BCUT2D eigenvalue weighted by Crippen LogP contribution is 2.10. The van der Waals surface area contributed by atoms with Gasteiger partial charge < -0.3 is 10.7 Å². The lowest BCUT2D eigenvalue weighted by molar-refractivity contribution is 1.07. The number of rotatable bonds is 1. The molecule has 0 spiro atoms. The van der Waals surface area contributed by atoms with Crippen molar-refractivity contribution in [2.45, 2.75) is 6.54 Å². The van der Waals surface area contributed by atoms with E-state index in [1.807, 2.05) is 18.2 Å². The van der Waals surface area contributed by atoms with Gasteiger partial charge in [0.2, 0.25) is 5.56 Å². The molecule has 0 bridgehead atoms. The van der Waals surface area contributed by atoms with Gasteiger partial charge in [-0.25, -0.2) is 0 Å². The van der Waals surface area contributed by atoms with Crippen LogP contribution in [0.5, 0.6) is 0 Å². The monoisotopic (exact) mass is 174 g/mol. The molecule has 3 N–H and O–H groups in total. The van der Waals surface area contributed by atoms with E-state index in [0.29, 0.717) is 6.54 Å². The summed E-state index contributed by atoms with van der Waals surface area (Å²) in [5.74, 6) is 0. The number of pyridine rings is 1. The molecular weight excluding hydrogens is 164 g/mol. The third kappa shape index (κ3) is 1.46.